The van der Waals surface area contributed by atoms with Crippen LogP contribution in [0.1, 0.15) is 47.5 Å². The molecule has 192 valence electrons. The van der Waals surface area contributed by atoms with E-state index in [4.69, 9.17) is 21.1 Å². The van der Waals surface area contributed by atoms with E-state index in [0.29, 0.717) is 23.6 Å². The second-order valence-electron chi connectivity index (χ2n) is 10.3. The summed E-state index contributed by atoms with van der Waals surface area (Å²) in [6, 6.07) is 5.23. The van der Waals surface area contributed by atoms with Gasteiger partial charge in [-0.3, -0.25) is 14.4 Å². The normalized spacial score (nSPS) is 35.1. The first-order valence-electron chi connectivity index (χ1n) is 12.4. The topological polar surface area (TPSA) is 105 Å². The lowest BCUT2D eigenvalue weighted by Gasteiger charge is -2.39. The summed E-state index contributed by atoms with van der Waals surface area (Å²) in [5.41, 5.74) is -1.73. The Hall–Kier alpha value is -2.16. The van der Waals surface area contributed by atoms with Gasteiger partial charge < -0.3 is 24.8 Å². The number of nitrogens with one attached hydrogen (secondary N) is 1. The number of carbonyl (C=O) groups excluding carboxylic acids is 3. The molecule has 3 fully saturated rings. The average Bonchev–Trinajstić information content (AvgIpc) is 3.33. The number of benzene rings is 1. The first-order valence-corrected chi connectivity index (χ1v) is 12.8. The Balaban J connectivity index is 1.84. The van der Waals surface area contributed by atoms with Gasteiger partial charge in [0.1, 0.15) is 17.6 Å². The van der Waals surface area contributed by atoms with Gasteiger partial charge in [-0.25, -0.2) is 0 Å². The van der Waals surface area contributed by atoms with E-state index in [0.717, 1.165) is 0 Å². The van der Waals surface area contributed by atoms with Gasteiger partial charge in [-0.2, -0.15) is 0 Å². The zero-order valence-corrected chi connectivity index (χ0v) is 21.7. The molecule has 0 saturated carbocycles. The minimum Gasteiger partial charge on any atom is -0.466 e. The van der Waals surface area contributed by atoms with Gasteiger partial charge >= 0.3 is 5.97 Å². The van der Waals surface area contributed by atoms with E-state index >= 15 is 0 Å². The molecule has 8 nitrogen and oxygen atoms in total. The lowest BCUT2D eigenvalue weighted by Crippen LogP contribution is -2.57. The lowest BCUT2D eigenvalue weighted by molar-refractivity contribution is -0.162. The zero-order chi connectivity index (χ0) is 25.7. The number of carbonyl (C=O) groups is 3. The Morgan fingerprint density at radius 2 is 2.03 bits per heavy atom. The Kier molecular flexibility index (Phi) is 6.94. The summed E-state index contributed by atoms with van der Waals surface area (Å²) >= 11 is 6.31. The first kappa shape index (κ1) is 25.9. The maximum Gasteiger partial charge on any atom is 0.312 e. The monoisotopic (exact) mass is 506 g/mol. The van der Waals surface area contributed by atoms with Gasteiger partial charge in [-0.05, 0) is 44.2 Å². The summed E-state index contributed by atoms with van der Waals surface area (Å²) < 4.78 is 12.0. The Labute approximate surface area is 211 Å². The van der Waals surface area contributed by atoms with Gasteiger partial charge in [0.05, 0.1) is 41.5 Å². The number of hydrogen-bond acceptors (Lipinski definition) is 6. The molecule has 1 aromatic carbocycles. The number of nitrogens with zero attached hydrogens (tertiary/aromatic N) is 1. The molecule has 3 aliphatic heterocycles. The fraction of sp³-hybridized carbons (Fsp3) is 0.654. The number of anilines is 1. The third-order valence-corrected chi connectivity index (χ3v) is 8.85. The second-order valence-corrected chi connectivity index (χ2v) is 10.7. The fourth-order valence-electron chi connectivity index (χ4n) is 6.50. The SMILES string of the molecule is CCOC(=O)[C@@H]1[C@H]2C(=O)N([C@@H](CO)[C@@H](C)CC)C(C(=O)Nc3ccccc3Cl)C23CC(C)[C@@]1(C)O3. The number of likely N-dealkylation sites (tertiary alicyclic amines) is 1. The second kappa shape index (κ2) is 9.37. The maximum absolute atomic E-state index is 14.1. The van der Waals surface area contributed by atoms with E-state index < -0.39 is 47.0 Å². The molecule has 3 unspecified atom stereocenters. The van der Waals surface area contributed by atoms with E-state index in [9.17, 15) is 19.5 Å². The Morgan fingerprint density at radius 1 is 1.34 bits per heavy atom. The predicted octanol–water partition coefficient (Wildman–Crippen LogP) is 3.26. The van der Waals surface area contributed by atoms with Crippen LogP contribution in [-0.4, -0.2) is 64.3 Å². The molecule has 1 aromatic rings. The molecule has 35 heavy (non-hydrogen) atoms. The standard InChI is InChI=1S/C26H35ClN2O6/c1-6-14(3)18(13-30)29-21(22(31)28-17-11-9-8-10-16(17)27)26-12-15(4)25(5,35-26)20(19(26)23(29)32)24(33)34-7-2/h8-11,14-15,18-21,30H,6-7,12-13H2,1-5H3,(H,28,31)/t14-,15?,18-,19-,20-,21?,25+,26?/m0/s1. The van der Waals surface area contributed by atoms with Crippen LogP contribution in [0.25, 0.3) is 0 Å². The number of rotatable bonds is 8. The molecular weight excluding hydrogens is 472 g/mol. The van der Waals surface area contributed by atoms with Crippen LogP contribution >= 0.6 is 11.6 Å². The molecule has 0 aliphatic carbocycles. The van der Waals surface area contributed by atoms with Crippen molar-refractivity contribution in [2.24, 2.45) is 23.7 Å². The van der Waals surface area contributed by atoms with Crippen LogP contribution in [0.4, 0.5) is 5.69 Å². The largest absolute Gasteiger partial charge is 0.466 e. The van der Waals surface area contributed by atoms with Gasteiger partial charge in [0.25, 0.3) is 0 Å². The van der Waals surface area contributed by atoms with Crippen LogP contribution in [0, 0.1) is 23.7 Å². The van der Waals surface area contributed by atoms with Gasteiger partial charge in [0.15, 0.2) is 0 Å². The molecule has 9 heteroatoms. The molecule has 0 aromatic heterocycles. The molecule has 2 N–H and O–H groups in total. The van der Waals surface area contributed by atoms with Gasteiger partial charge in [0, 0.05) is 0 Å². The number of aliphatic hydroxyl groups excluding tert-OH is 1. The van der Waals surface area contributed by atoms with Crippen molar-refractivity contribution in [2.45, 2.75) is 70.7 Å². The van der Waals surface area contributed by atoms with Crippen molar-refractivity contribution in [3.05, 3.63) is 29.3 Å². The molecule has 3 heterocycles. The summed E-state index contributed by atoms with van der Waals surface area (Å²) in [5, 5.41) is 13.6. The third-order valence-electron chi connectivity index (χ3n) is 8.52. The Bertz CT molecular complexity index is 1020. The van der Waals surface area contributed by atoms with Crippen LogP contribution in [0.5, 0.6) is 0 Å². The molecule has 3 aliphatic rings. The highest BCUT2D eigenvalue weighted by atomic mass is 35.5. The van der Waals surface area contributed by atoms with Crippen molar-refractivity contribution in [1.29, 1.82) is 0 Å². The number of fused-ring (bicyclic) bond motifs is 1. The maximum atomic E-state index is 14.1. The minimum absolute atomic E-state index is 0.0824. The zero-order valence-electron chi connectivity index (χ0n) is 20.9. The van der Waals surface area contributed by atoms with E-state index in [2.05, 4.69) is 5.32 Å². The van der Waals surface area contributed by atoms with Crippen molar-refractivity contribution < 1.29 is 29.0 Å². The van der Waals surface area contributed by atoms with Crippen molar-refractivity contribution in [3.63, 3.8) is 0 Å². The molecule has 2 amide bonds. The predicted molar refractivity (Wildman–Crippen MR) is 131 cm³/mol. The number of halogens is 1. The highest BCUT2D eigenvalue weighted by Crippen LogP contribution is 2.65. The van der Waals surface area contributed by atoms with Gasteiger partial charge in [-0.15, -0.1) is 0 Å². The smallest absolute Gasteiger partial charge is 0.312 e. The van der Waals surface area contributed by atoms with Crippen LogP contribution in [0.2, 0.25) is 5.02 Å². The van der Waals surface area contributed by atoms with Crippen molar-refractivity contribution in [1.82, 2.24) is 4.90 Å². The van der Waals surface area contributed by atoms with Crippen LogP contribution < -0.4 is 5.32 Å². The molecule has 2 bridgehead atoms. The lowest BCUT2D eigenvalue weighted by atomic mass is 9.62. The number of hydrogen-bond donors (Lipinski definition) is 2. The average molecular weight is 507 g/mol. The summed E-state index contributed by atoms with van der Waals surface area (Å²) in [7, 11) is 0. The van der Waals surface area contributed by atoms with E-state index in [-0.39, 0.29) is 31.0 Å². The van der Waals surface area contributed by atoms with Crippen molar-refractivity contribution in [3.8, 4) is 0 Å². The number of ether oxygens (including phenoxy) is 2. The summed E-state index contributed by atoms with van der Waals surface area (Å²) in [4.78, 5) is 42.7. The van der Waals surface area contributed by atoms with Crippen LogP contribution in [0.15, 0.2) is 24.3 Å². The van der Waals surface area contributed by atoms with Crippen LogP contribution in [-0.2, 0) is 23.9 Å². The van der Waals surface area contributed by atoms with Crippen molar-refractivity contribution in [2.75, 3.05) is 18.5 Å². The molecular formula is C26H35ClN2O6. The number of aliphatic hydroxyl groups is 1. The van der Waals surface area contributed by atoms with E-state index in [1.165, 1.54) is 4.90 Å². The van der Waals surface area contributed by atoms with Gasteiger partial charge in [-0.1, -0.05) is 50.9 Å². The summed E-state index contributed by atoms with van der Waals surface area (Å²) in [6.07, 6.45) is 1.13. The minimum atomic E-state index is -1.21. The highest BCUT2D eigenvalue weighted by Gasteiger charge is 2.80. The number of esters is 1. The van der Waals surface area contributed by atoms with Crippen LogP contribution in [0.3, 0.4) is 0 Å². The number of para-hydroxylation sites is 1. The van der Waals surface area contributed by atoms with Crippen molar-refractivity contribution >= 4 is 35.1 Å². The van der Waals surface area contributed by atoms with E-state index in [1.807, 2.05) is 27.7 Å². The number of amides is 2. The fourth-order valence-corrected chi connectivity index (χ4v) is 6.68. The summed E-state index contributed by atoms with van der Waals surface area (Å²) in [5.74, 6) is -3.17. The molecule has 0 radical (unpaired) electrons. The molecule has 1 spiro atoms. The molecule has 8 atom stereocenters. The van der Waals surface area contributed by atoms with Gasteiger partial charge in [0.2, 0.25) is 11.8 Å². The molecule has 3 saturated heterocycles. The Morgan fingerprint density at radius 3 is 2.63 bits per heavy atom. The third kappa shape index (κ3) is 3.76. The summed E-state index contributed by atoms with van der Waals surface area (Å²) in [6.45, 7) is 9.32. The first-order chi connectivity index (χ1) is 16.6. The van der Waals surface area contributed by atoms with E-state index in [1.54, 1.807) is 31.2 Å². The quantitative estimate of drug-likeness (QED) is 0.524. The molecule has 4 rings (SSSR count). The highest BCUT2D eigenvalue weighted by molar-refractivity contribution is 6.33.